The van der Waals surface area contributed by atoms with Crippen molar-refractivity contribution in [2.45, 2.75) is 25.0 Å². The molecule has 0 bridgehead atoms. The normalized spacial score (nSPS) is 24.0. The van der Waals surface area contributed by atoms with Crippen LogP contribution in [-0.4, -0.2) is 10.9 Å². The molecule has 1 N–H and O–H groups in total. The second kappa shape index (κ2) is 4.69. The van der Waals surface area contributed by atoms with E-state index in [0.29, 0.717) is 28.7 Å². The molecule has 1 aliphatic heterocycles. The molecule has 1 aromatic carbocycles. The zero-order valence-corrected chi connectivity index (χ0v) is 12.7. The predicted octanol–water partition coefficient (Wildman–Crippen LogP) is 3.48. The lowest BCUT2D eigenvalue weighted by Crippen LogP contribution is -2.39. The molecular weight excluding hydrogens is 300 g/mol. The average molecular weight is 314 g/mol. The first-order valence-corrected chi connectivity index (χ1v) is 7.94. The van der Waals surface area contributed by atoms with E-state index in [1.165, 1.54) is 0 Å². The van der Waals surface area contributed by atoms with Gasteiger partial charge >= 0.3 is 5.63 Å². The van der Waals surface area contributed by atoms with Crippen molar-refractivity contribution < 1.29 is 14.3 Å². The Morgan fingerprint density at radius 3 is 2.86 bits per heavy atom. The molecule has 0 radical (unpaired) electrons. The number of rotatable bonds is 1. The van der Waals surface area contributed by atoms with Crippen molar-refractivity contribution in [3.8, 4) is 5.75 Å². The third-order valence-electron chi connectivity index (χ3n) is 3.94. The molecule has 0 amide bonds. The van der Waals surface area contributed by atoms with Crippen molar-refractivity contribution in [2.24, 2.45) is 0 Å². The van der Waals surface area contributed by atoms with Crippen LogP contribution < -0.4 is 10.4 Å². The zero-order valence-electron chi connectivity index (χ0n) is 11.9. The number of hydrogen-bond acceptors (Lipinski definition) is 5. The van der Waals surface area contributed by atoms with Crippen LogP contribution in [0.3, 0.4) is 0 Å². The van der Waals surface area contributed by atoms with Crippen LogP contribution in [0.4, 0.5) is 0 Å². The highest BCUT2D eigenvalue weighted by Crippen LogP contribution is 2.45. The largest absolute Gasteiger partial charge is 0.461 e. The Labute approximate surface area is 130 Å². The summed E-state index contributed by atoms with van der Waals surface area (Å²) >= 11 is 1.56. The van der Waals surface area contributed by atoms with Crippen molar-refractivity contribution >= 4 is 22.3 Å². The molecule has 2 atom stereocenters. The summed E-state index contributed by atoms with van der Waals surface area (Å²) in [6, 6.07) is 11.1. The van der Waals surface area contributed by atoms with E-state index >= 15 is 0 Å². The van der Waals surface area contributed by atoms with Gasteiger partial charge in [-0.05, 0) is 23.6 Å². The van der Waals surface area contributed by atoms with Crippen LogP contribution in [0.15, 0.2) is 51.0 Å². The van der Waals surface area contributed by atoms with E-state index in [1.807, 2.05) is 29.6 Å². The van der Waals surface area contributed by atoms with Gasteiger partial charge in [-0.1, -0.05) is 18.2 Å². The minimum atomic E-state index is -1.32. The van der Waals surface area contributed by atoms with Gasteiger partial charge in [0.1, 0.15) is 11.3 Å². The number of thiophene rings is 1. The smallest absolute Gasteiger partial charge is 0.343 e. The number of aliphatic hydroxyl groups is 1. The Kier molecular flexibility index (Phi) is 2.89. The van der Waals surface area contributed by atoms with Gasteiger partial charge in [0, 0.05) is 24.1 Å². The molecule has 4 rings (SSSR count). The van der Waals surface area contributed by atoms with Gasteiger partial charge < -0.3 is 14.3 Å². The van der Waals surface area contributed by atoms with Crippen LogP contribution in [0.2, 0.25) is 0 Å². The van der Waals surface area contributed by atoms with Gasteiger partial charge in [-0.3, -0.25) is 0 Å². The van der Waals surface area contributed by atoms with Crippen molar-refractivity contribution in [1.82, 2.24) is 0 Å². The molecular formula is C17H14O4S. The first-order valence-electron chi connectivity index (χ1n) is 7.06. The maximum absolute atomic E-state index is 12.5. The number of hydrogen-bond donors (Lipinski definition) is 1. The van der Waals surface area contributed by atoms with Crippen LogP contribution in [0.5, 0.6) is 5.75 Å². The summed E-state index contributed by atoms with van der Waals surface area (Å²) in [5, 5.41) is 13.2. The van der Waals surface area contributed by atoms with Crippen molar-refractivity contribution in [3.05, 3.63) is 62.6 Å². The van der Waals surface area contributed by atoms with Crippen LogP contribution in [0.25, 0.3) is 11.0 Å². The molecule has 2 aromatic heterocycles. The van der Waals surface area contributed by atoms with Gasteiger partial charge in [0.25, 0.3) is 0 Å². The SMILES string of the molecule is CC1(O)CC(c2cccs2)c2c(c3ccccc3oc2=O)O1. The third-order valence-corrected chi connectivity index (χ3v) is 4.92. The summed E-state index contributed by atoms with van der Waals surface area (Å²) in [4.78, 5) is 13.5. The first-order chi connectivity index (χ1) is 10.6. The highest BCUT2D eigenvalue weighted by atomic mass is 32.1. The topological polar surface area (TPSA) is 59.7 Å². The summed E-state index contributed by atoms with van der Waals surface area (Å²) in [6.45, 7) is 1.62. The van der Waals surface area contributed by atoms with Crippen LogP contribution in [0.1, 0.15) is 29.7 Å². The fraction of sp³-hybridized carbons (Fsp3) is 0.235. The van der Waals surface area contributed by atoms with Crippen LogP contribution in [0, 0.1) is 0 Å². The monoisotopic (exact) mass is 314 g/mol. The third kappa shape index (κ3) is 2.05. The van der Waals surface area contributed by atoms with E-state index in [4.69, 9.17) is 9.15 Å². The van der Waals surface area contributed by atoms with Gasteiger partial charge in [0.2, 0.25) is 5.79 Å². The van der Waals surface area contributed by atoms with E-state index in [9.17, 15) is 9.90 Å². The number of benzene rings is 1. The van der Waals surface area contributed by atoms with E-state index in [-0.39, 0.29) is 5.92 Å². The van der Waals surface area contributed by atoms with Gasteiger partial charge in [-0.15, -0.1) is 11.3 Å². The number of ether oxygens (including phenoxy) is 1. The lowest BCUT2D eigenvalue weighted by atomic mass is 9.87. The molecule has 0 fully saturated rings. The highest BCUT2D eigenvalue weighted by Gasteiger charge is 2.40. The molecule has 0 spiro atoms. The van der Waals surface area contributed by atoms with Gasteiger partial charge in [0.05, 0.1) is 10.9 Å². The fourth-order valence-corrected chi connectivity index (χ4v) is 3.86. The zero-order chi connectivity index (χ0) is 15.3. The van der Waals surface area contributed by atoms with E-state index in [1.54, 1.807) is 30.4 Å². The van der Waals surface area contributed by atoms with Crippen LogP contribution >= 0.6 is 11.3 Å². The van der Waals surface area contributed by atoms with E-state index in [0.717, 1.165) is 4.88 Å². The summed E-state index contributed by atoms with van der Waals surface area (Å²) in [5.74, 6) is -1.11. The van der Waals surface area contributed by atoms with Gasteiger partial charge in [-0.25, -0.2) is 4.79 Å². The molecule has 0 saturated carbocycles. The molecule has 3 heterocycles. The summed E-state index contributed by atoms with van der Waals surface area (Å²) in [6.07, 6.45) is 0.323. The van der Waals surface area contributed by atoms with Crippen molar-refractivity contribution in [1.29, 1.82) is 0 Å². The molecule has 2 unspecified atom stereocenters. The maximum Gasteiger partial charge on any atom is 0.343 e. The Balaban J connectivity index is 2.05. The average Bonchev–Trinajstić information content (AvgIpc) is 2.99. The standard InChI is InChI=1S/C17H14O4S/c1-17(19)9-11(13-7-4-8-22-13)14-15(21-17)10-5-2-3-6-12(10)20-16(14)18/h2-8,11,19H,9H2,1H3. The van der Waals surface area contributed by atoms with Gasteiger partial charge in [0.15, 0.2) is 0 Å². The summed E-state index contributed by atoms with van der Waals surface area (Å²) < 4.78 is 11.2. The number of fused-ring (bicyclic) bond motifs is 3. The molecule has 4 nitrogen and oxygen atoms in total. The van der Waals surface area contributed by atoms with Crippen molar-refractivity contribution in [3.63, 3.8) is 0 Å². The second-order valence-electron chi connectivity index (χ2n) is 5.68. The Hall–Kier alpha value is -2.11. The fourth-order valence-electron chi connectivity index (χ4n) is 3.02. The lowest BCUT2D eigenvalue weighted by molar-refractivity contribution is -0.136. The Morgan fingerprint density at radius 2 is 2.09 bits per heavy atom. The summed E-state index contributed by atoms with van der Waals surface area (Å²) in [5.41, 5.74) is 0.559. The minimum absolute atomic E-state index is 0.223. The highest BCUT2D eigenvalue weighted by molar-refractivity contribution is 7.10. The van der Waals surface area contributed by atoms with Crippen LogP contribution in [-0.2, 0) is 0 Å². The quantitative estimate of drug-likeness (QED) is 0.699. The molecule has 0 aliphatic carbocycles. The second-order valence-corrected chi connectivity index (χ2v) is 6.66. The summed E-state index contributed by atoms with van der Waals surface area (Å²) in [7, 11) is 0. The molecule has 1 aliphatic rings. The Morgan fingerprint density at radius 1 is 1.27 bits per heavy atom. The van der Waals surface area contributed by atoms with Crippen molar-refractivity contribution in [2.75, 3.05) is 0 Å². The lowest BCUT2D eigenvalue weighted by Gasteiger charge is -2.35. The molecule has 0 saturated heterocycles. The minimum Gasteiger partial charge on any atom is -0.461 e. The molecule has 22 heavy (non-hydrogen) atoms. The number of para-hydroxylation sites is 1. The Bertz CT molecular complexity index is 893. The molecule has 3 aromatic rings. The van der Waals surface area contributed by atoms with Gasteiger partial charge in [-0.2, -0.15) is 0 Å². The van der Waals surface area contributed by atoms with E-state index < -0.39 is 11.4 Å². The maximum atomic E-state index is 12.5. The predicted molar refractivity (Wildman–Crippen MR) is 84.5 cm³/mol. The molecule has 112 valence electrons. The first kappa shape index (κ1) is 13.5. The van der Waals surface area contributed by atoms with E-state index in [2.05, 4.69) is 0 Å². The molecule has 5 heteroatoms.